The summed E-state index contributed by atoms with van der Waals surface area (Å²) in [6, 6.07) is 2.12. The van der Waals surface area contributed by atoms with Crippen LogP contribution in [-0.4, -0.2) is 28.0 Å². The largest absolute Gasteiger partial charge is 0.396 e. The molecule has 0 aromatic carbocycles. The first-order chi connectivity index (χ1) is 7.17. The van der Waals surface area contributed by atoms with Crippen molar-refractivity contribution in [2.75, 3.05) is 13.2 Å². The van der Waals surface area contributed by atoms with Crippen LogP contribution in [0.2, 0.25) is 0 Å². The molecule has 0 saturated carbocycles. The molecular formula is C11H21N3O. The van der Waals surface area contributed by atoms with Crippen molar-refractivity contribution in [1.29, 1.82) is 0 Å². The Balaban J connectivity index is 2.40. The van der Waals surface area contributed by atoms with E-state index in [4.69, 9.17) is 5.11 Å². The highest BCUT2D eigenvalue weighted by molar-refractivity contribution is 5.09. The van der Waals surface area contributed by atoms with Gasteiger partial charge in [-0.25, -0.2) is 0 Å². The third kappa shape index (κ3) is 3.64. The average molecular weight is 211 g/mol. The van der Waals surface area contributed by atoms with Gasteiger partial charge in [-0.05, 0) is 18.4 Å². The zero-order chi connectivity index (χ0) is 11.3. The molecule has 2 N–H and O–H groups in total. The molecule has 0 bridgehead atoms. The molecule has 0 radical (unpaired) electrons. The summed E-state index contributed by atoms with van der Waals surface area (Å²) in [5, 5.41) is 16.6. The molecular weight excluding hydrogens is 190 g/mol. The standard InChI is InChI=1S/C11H21N3O/c1-4-10-5-11(14(3)13-10)7-12-6-9(2)8-15/h5,9,12,15H,4,6-8H2,1-3H3. The van der Waals surface area contributed by atoms with Gasteiger partial charge in [0.2, 0.25) is 0 Å². The second-order valence-corrected chi connectivity index (χ2v) is 4.02. The van der Waals surface area contributed by atoms with E-state index in [0.717, 1.165) is 25.2 Å². The van der Waals surface area contributed by atoms with Crippen LogP contribution in [0.1, 0.15) is 25.2 Å². The molecule has 0 spiro atoms. The number of nitrogens with zero attached hydrogens (tertiary/aromatic N) is 2. The van der Waals surface area contributed by atoms with E-state index in [2.05, 4.69) is 23.4 Å². The van der Waals surface area contributed by atoms with Crippen molar-refractivity contribution < 1.29 is 5.11 Å². The zero-order valence-electron chi connectivity index (χ0n) is 9.82. The Labute approximate surface area is 91.3 Å². The summed E-state index contributed by atoms with van der Waals surface area (Å²) in [5.74, 6) is 0.309. The number of aromatic nitrogens is 2. The fourth-order valence-corrected chi connectivity index (χ4v) is 1.42. The highest BCUT2D eigenvalue weighted by atomic mass is 16.3. The lowest BCUT2D eigenvalue weighted by Gasteiger charge is -2.09. The molecule has 4 nitrogen and oxygen atoms in total. The molecule has 1 unspecified atom stereocenters. The Morgan fingerprint density at radius 1 is 1.60 bits per heavy atom. The molecule has 0 aliphatic carbocycles. The lowest BCUT2D eigenvalue weighted by atomic mass is 10.2. The minimum Gasteiger partial charge on any atom is -0.396 e. The quantitative estimate of drug-likeness (QED) is 0.728. The molecule has 4 heteroatoms. The van der Waals surface area contributed by atoms with Crippen LogP contribution in [0.3, 0.4) is 0 Å². The highest BCUT2D eigenvalue weighted by Gasteiger charge is 2.04. The first kappa shape index (κ1) is 12.2. The molecule has 0 saturated heterocycles. The lowest BCUT2D eigenvalue weighted by molar-refractivity contribution is 0.233. The summed E-state index contributed by atoms with van der Waals surface area (Å²) < 4.78 is 1.91. The number of rotatable bonds is 6. The molecule has 1 heterocycles. The van der Waals surface area contributed by atoms with Crippen molar-refractivity contribution >= 4 is 0 Å². The first-order valence-corrected chi connectivity index (χ1v) is 5.50. The Bertz CT molecular complexity index is 296. The van der Waals surface area contributed by atoms with Gasteiger partial charge in [0.15, 0.2) is 0 Å². The lowest BCUT2D eigenvalue weighted by Crippen LogP contribution is -2.23. The second-order valence-electron chi connectivity index (χ2n) is 4.02. The average Bonchev–Trinajstić information content (AvgIpc) is 2.59. The summed E-state index contributed by atoms with van der Waals surface area (Å²) in [6.45, 7) is 6.01. The van der Waals surface area contributed by atoms with Crippen LogP contribution in [0.25, 0.3) is 0 Å². The third-order valence-corrected chi connectivity index (χ3v) is 2.50. The molecule has 1 rings (SSSR count). The van der Waals surface area contributed by atoms with Gasteiger partial charge in [-0.3, -0.25) is 4.68 Å². The van der Waals surface area contributed by atoms with E-state index in [-0.39, 0.29) is 6.61 Å². The van der Waals surface area contributed by atoms with E-state index in [1.54, 1.807) is 0 Å². The number of aryl methyl sites for hydroxylation is 2. The highest BCUT2D eigenvalue weighted by Crippen LogP contribution is 2.03. The Morgan fingerprint density at radius 2 is 2.33 bits per heavy atom. The fourth-order valence-electron chi connectivity index (χ4n) is 1.42. The summed E-state index contributed by atoms with van der Waals surface area (Å²) in [4.78, 5) is 0. The van der Waals surface area contributed by atoms with E-state index in [1.807, 2.05) is 18.7 Å². The van der Waals surface area contributed by atoms with E-state index in [1.165, 1.54) is 5.69 Å². The smallest absolute Gasteiger partial charge is 0.0625 e. The summed E-state index contributed by atoms with van der Waals surface area (Å²) in [5.41, 5.74) is 2.32. The number of hydrogen-bond acceptors (Lipinski definition) is 3. The summed E-state index contributed by atoms with van der Waals surface area (Å²) in [6.07, 6.45) is 0.973. The zero-order valence-corrected chi connectivity index (χ0v) is 9.82. The van der Waals surface area contributed by atoms with Crippen LogP contribution < -0.4 is 5.32 Å². The van der Waals surface area contributed by atoms with Crippen molar-refractivity contribution in [2.45, 2.75) is 26.8 Å². The van der Waals surface area contributed by atoms with Gasteiger partial charge < -0.3 is 10.4 Å². The van der Waals surface area contributed by atoms with Crippen LogP contribution in [0.4, 0.5) is 0 Å². The number of hydrogen-bond donors (Lipinski definition) is 2. The minimum atomic E-state index is 0.235. The minimum absolute atomic E-state index is 0.235. The van der Waals surface area contributed by atoms with Crippen LogP contribution >= 0.6 is 0 Å². The van der Waals surface area contributed by atoms with Gasteiger partial charge >= 0.3 is 0 Å². The van der Waals surface area contributed by atoms with Gasteiger partial charge in [0, 0.05) is 26.7 Å². The van der Waals surface area contributed by atoms with E-state index in [0.29, 0.717) is 5.92 Å². The van der Waals surface area contributed by atoms with E-state index >= 15 is 0 Å². The molecule has 86 valence electrons. The molecule has 1 aromatic heterocycles. The van der Waals surface area contributed by atoms with E-state index in [9.17, 15) is 0 Å². The van der Waals surface area contributed by atoms with Crippen molar-refractivity contribution in [3.8, 4) is 0 Å². The monoisotopic (exact) mass is 211 g/mol. The fraction of sp³-hybridized carbons (Fsp3) is 0.727. The van der Waals surface area contributed by atoms with Gasteiger partial charge in [-0.1, -0.05) is 13.8 Å². The van der Waals surface area contributed by atoms with Crippen molar-refractivity contribution in [2.24, 2.45) is 13.0 Å². The Morgan fingerprint density at radius 3 is 2.87 bits per heavy atom. The number of aliphatic hydroxyl groups excluding tert-OH is 1. The van der Waals surface area contributed by atoms with Crippen molar-refractivity contribution in [3.05, 3.63) is 17.5 Å². The maximum atomic E-state index is 8.87. The molecule has 1 atom stereocenters. The molecule has 0 amide bonds. The molecule has 0 aliphatic rings. The normalized spacial score (nSPS) is 13.1. The van der Waals surface area contributed by atoms with Gasteiger partial charge in [-0.15, -0.1) is 0 Å². The van der Waals surface area contributed by atoms with Crippen molar-refractivity contribution in [3.63, 3.8) is 0 Å². The maximum absolute atomic E-state index is 8.87. The van der Waals surface area contributed by atoms with Gasteiger partial charge in [0.1, 0.15) is 0 Å². The second kappa shape index (κ2) is 5.88. The molecule has 15 heavy (non-hydrogen) atoms. The SMILES string of the molecule is CCc1cc(CNCC(C)CO)n(C)n1. The van der Waals surface area contributed by atoms with E-state index < -0.39 is 0 Å². The number of nitrogens with one attached hydrogen (secondary N) is 1. The Hall–Kier alpha value is -0.870. The van der Waals surface area contributed by atoms with Crippen LogP contribution in [-0.2, 0) is 20.0 Å². The molecule has 0 fully saturated rings. The van der Waals surface area contributed by atoms with Gasteiger partial charge in [0.05, 0.1) is 11.4 Å². The maximum Gasteiger partial charge on any atom is 0.0625 e. The van der Waals surface area contributed by atoms with Crippen molar-refractivity contribution in [1.82, 2.24) is 15.1 Å². The first-order valence-electron chi connectivity index (χ1n) is 5.50. The predicted octanol–water partition coefficient (Wildman–Crippen LogP) is 0.700. The predicted molar refractivity (Wildman–Crippen MR) is 60.5 cm³/mol. The summed E-state index contributed by atoms with van der Waals surface area (Å²) in [7, 11) is 1.96. The van der Waals surface area contributed by atoms with Crippen LogP contribution in [0, 0.1) is 5.92 Å². The third-order valence-electron chi connectivity index (χ3n) is 2.50. The van der Waals surface area contributed by atoms with Gasteiger partial charge in [0.25, 0.3) is 0 Å². The Kier molecular flexibility index (Phi) is 4.78. The van der Waals surface area contributed by atoms with Crippen LogP contribution in [0.15, 0.2) is 6.07 Å². The summed E-state index contributed by atoms with van der Waals surface area (Å²) >= 11 is 0. The number of aliphatic hydroxyl groups is 1. The molecule has 1 aromatic rings. The van der Waals surface area contributed by atoms with Gasteiger partial charge in [-0.2, -0.15) is 5.10 Å². The molecule has 0 aliphatic heterocycles. The van der Waals surface area contributed by atoms with Crippen LogP contribution in [0.5, 0.6) is 0 Å². The topological polar surface area (TPSA) is 50.1 Å².